The molecule has 5 heteroatoms. The number of nitrogens with one attached hydrogen (secondary N) is 1. The highest BCUT2D eigenvalue weighted by Crippen LogP contribution is 2.09. The summed E-state index contributed by atoms with van der Waals surface area (Å²) in [7, 11) is 1.93. The number of hydrogen-bond donors (Lipinski definition) is 2. The summed E-state index contributed by atoms with van der Waals surface area (Å²) in [6.45, 7) is 1.10. The van der Waals surface area contributed by atoms with Crippen molar-refractivity contribution in [1.82, 2.24) is 5.32 Å². The summed E-state index contributed by atoms with van der Waals surface area (Å²) in [6, 6.07) is 9.79. The Hall–Kier alpha value is -2.30. The second kappa shape index (κ2) is 7.11. The molecule has 0 fully saturated rings. The third-order valence-corrected chi connectivity index (χ3v) is 2.32. The van der Waals surface area contributed by atoms with Gasteiger partial charge in [-0.3, -0.25) is 4.79 Å². The van der Waals surface area contributed by atoms with Gasteiger partial charge in [0.05, 0.1) is 0 Å². The first-order valence-corrected chi connectivity index (χ1v) is 5.54. The van der Waals surface area contributed by atoms with Gasteiger partial charge in [-0.1, -0.05) is 18.2 Å². The van der Waals surface area contributed by atoms with Gasteiger partial charge in [-0.15, -0.1) is 0 Å². The fourth-order valence-electron chi connectivity index (χ4n) is 1.36. The van der Waals surface area contributed by atoms with Gasteiger partial charge in [0.25, 0.3) is 0 Å². The summed E-state index contributed by atoms with van der Waals surface area (Å²) in [5.41, 5.74) is 1.06. The minimum absolute atomic E-state index is 0.404. The number of nitrogens with zero attached hydrogens (tertiary/aromatic N) is 1. The fourth-order valence-corrected chi connectivity index (χ4v) is 1.36. The SMILES string of the molecule is CN(CCNC(=O)/C=C/C(=O)O)c1ccccc1. The van der Waals surface area contributed by atoms with Crippen LogP contribution in [0, 0.1) is 0 Å². The Kier molecular flexibility index (Phi) is 5.44. The van der Waals surface area contributed by atoms with Gasteiger partial charge in [-0.25, -0.2) is 4.79 Å². The second-order valence-corrected chi connectivity index (χ2v) is 3.72. The van der Waals surface area contributed by atoms with Crippen molar-refractivity contribution < 1.29 is 14.7 Å². The van der Waals surface area contributed by atoms with E-state index in [1.165, 1.54) is 0 Å². The van der Waals surface area contributed by atoms with E-state index >= 15 is 0 Å². The lowest BCUT2D eigenvalue weighted by Gasteiger charge is -2.19. The van der Waals surface area contributed by atoms with E-state index in [4.69, 9.17) is 5.11 Å². The zero-order chi connectivity index (χ0) is 13.4. The summed E-state index contributed by atoms with van der Waals surface area (Å²) in [6.07, 6.45) is 1.82. The molecule has 0 radical (unpaired) electrons. The second-order valence-electron chi connectivity index (χ2n) is 3.72. The van der Waals surface area contributed by atoms with Crippen LogP contribution in [0.4, 0.5) is 5.69 Å². The molecule has 1 amide bonds. The summed E-state index contributed by atoms with van der Waals surface area (Å²) < 4.78 is 0. The molecule has 2 N–H and O–H groups in total. The van der Waals surface area contributed by atoms with Crippen molar-refractivity contribution in [2.45, 2.75) is 0 Å². The number of hydrogen-bond acceptors (Lipinski definition) is 3. The molecule has 0 aliphatic rings. The van der Waals surface area contributed by atoms with Crippen LogP contribution in [0.3, 0.4) is 0 Å². The number of anilines is 1. The van der Waals surface area contributed by atoms with Gasteiger partial charge >= 0.3 is 5.97 Å². The van der Waals surface area contributed by atoms with Crippen molar-refractivity contribution >= 4 is 17.6 Å². The Balaban J connectivity index is 2.30. The Morgan fingerprint density at radius 3 is 2.56 bits per heavy atom. The molecule has 0 aliphatic carbocycles. The van der Waals surface area contributed by atoms with Gasteiger partial charge < -0.3 is 15.3 Å². The zero-order valence-electron chi connectivity index (χ0n) is 10.2. The van der Waals surface area contributed by atoms with Crippen LogP contribution in [-0.4, -0.2) is 37.1 Å². The van der Waals surface area contributed by atoms with Crippen LogP contribution in [0.1, 0.15) is 0 Å². The average Bonchev–Trinajstić information content (AvgIpc) is 2.37. The molecule has 0 saturated carbocycles. The first kappa shape index (κ1) is 13.8. The number of benzene rings is 1. The van der Waals surface area contributed by atoms with Crippen LogP contribution >= 0.6 is 0 Å². The van der Waals surface area contributed by atoms with Crippen molar-refractivity contribution in [3.63, 3.8) is 0 Å². The highest BCUT2D eigenvalue weighted by molar-refractivity contribution is 5.93. The number of amides is 1. The van der Waals surface area contributed by atoms with E-state index in [0.717, 1.165) is 17.8 Å². The van der Waals surface area contributed by atoms with Crippen molar-refractivity contribution in [3.05, 3.63) is 42.5 Å². The van der Waals surface area contributed by atoms with Crippen molar-refractivity contribution in [2.75, 3.05) is 25.0 Å². The molecule has 0 saturated heterocycles. The van der Waals surface area contributed by atoms with E-state index < -0.39 is 11.9 Å². The minimum Gasteiger partial charge on any atom is -0.478 e. The van der Waals surface area contributed by atoms with Gasteiger partial charge in [-0.2, -0.15) is 0 Å². The molecule has 1 aromatic rings. The van der Waals surface area contributed by atoms with Crippen molar-refractivity contribution in [3.8, 4) is 0 Å². The number of rotatable bonds is 6. The molecule has 0 atom stereocenters. The maximum atomic E-state index is 11.2. The predicted molar refractivity (Wildman–Crippen MR) is 69.5 cm³/mol. The van der Waals surface area contributed by atoms with Gasteiger partial charge in [-0.05, 0) is 12.1 Å². The molecule has 0 aliphatic heterocycles. The number of carboxylic acids is 1. The van der Waals surface area contributed by atoms with E-state index in [-0.39, 0.29) is 0 Å². The third-order valence-electron chi connectivity index (χ3n) is 2.32. The molecule has 0 heterocycles. The monoisotopic (exact) mass is 248 g/mol. The van der Waals surface area contributed by atoms with Gasteiger partial charge in [0.2, 0.25) is 5.91 Å². The van der Waals surface area contributed by atoms with Crippen LogP contribution in [0.25, 0.3) is 0 Å². The Labute approximate surface area is 106 Å². The zero-order valence-corrected chi connectivity index (χ0v) is 10.2. The summed E-state index contributed by atoms with van der Waals surface area (Å²) in [4.78, 5) is 23.4. The van der Waals surface area contributed by atoms with Gasteiger partial charge in [0.15, 0.2) is 0 Å². The highest BCUT2D eigenvalue weighted by atomic mass is 16.4. The van der Waals surface area contributed by atoms with Crippen LogP contribution in [0.5, 0.6) is 0 Å². The average molecular weight is 248 g/mol. The van der Waals surface area contributed by atoms with Crippen LogP contribution in [-0.2, 0) is 9.59 Å². The summed E-state index contributed by atoms with van der Waals surface area (Å²) in [5.74, 6) is -1.54. The maximum Gasteiger partial charge on any atom is 0.328 e. The molecule has 0 spiro atoms. The van der Waals surface area contributed by atoms with Gasteiger partial charge in [0, 0.05) is 38.0 Å². The quantitative estimate of drug-likeness (QED) is 0.733. The summed E-state index contributed by atoms with van der Waals surface area (Å²) >= 11 is 0. The number of para-hydroxylation sites is 1. The fraction of sp³-hybridized carbons (Fsp3) is 0.231. The molecule has 5 nitrogen and oxygen atoms in total. The molecular weight excluding hydrogens is 232 g/mol. The van der Waals surface area contributed by atoms with Crippen LogP contribution in [0.15, 0.2) is 42.5 Å². The van der Waals surface area contributed by atoms with Crippen LogP contribution in [0.2, 0.25) is 0 Å². The molecule has 18 heavy (non-hydrogen) atoms. The summed E-state index contributed by atoms with van der Waals surface area (Å²) in [5, 5.41) is 11.0. The van der Waals surface area contributed by atoms with E-state index in [1.54, 1.807) is 0 Å². The van der Waals surface area contributed by atoms with Crippen LogP contribution < -0.4 is 10.2 Å². The highest BCUT2D eigenvalue weighted by Gasteiger charge is 2.00. The molecule has 1 aromatic carbocycles. The predicted octanol–water partition coefficient (Wildman–Crippen LogP) is 0.880. The molecule has 96 valence electrons. The van der Waals surface area contributed by atoms with E-state index in [1.807, 2.05) is 42.3 Å². The normalized spacial score (nSPS) is 10.3. The van der Waals surface area contributed by atoms with E-state index in [2.05, 4.69) is 5.32 Å². The Morgan fingerprint density at radius 2 is 1.94 bits per heavy atom. The lowest BCUT2D eigenvalue weighted by molar-refractivity contribution is -0.131. The van der Waals surface area contributed by atoms with Crippen molar-refractivity contribution in [1.29, 1.82) is 0 Å². The topological polar surface area (TPSA) is 69.6 Å². The first-order valence-electron chi connectivity index (χ1n) is 5.54. The number of carboxylic acid groups (broad SMARTS) is 1. The molecule has 0 bridgehead atoms. The maximum absolute atomic E-state index is 11.2. The first-order chi connectivity index (χ1) is 8.59. The van der Waals surface area contributed by atoms with E-state index in [0.29, 0.717) is 13.1 Å². The molecule has 0 unspecified atom stereocenters. The Morgan fingerprint density at radius 1 is 1.28 bits per heavy atom. The lowest BCUT2D eigenvalue weighted by atomic mass is 10.3. The molecule has 0 aromatic heterocycles. The number of aliphatic carboxylic acids is 1. The largest absolute Gasteiger partial charge is 0.478 e. The smallest absolute Gasteiger partial charge is 0.328 e. The van der Waals surface area contributed by atoms with Gasteiger partial charge in [0.1, 0.15) is 0 Å². The Bertz CT molecular complexity index is 429. The molecule has 1 rings (SSSR count). The van der Waals surface area contributed by atoms with E-state index in [9.17, 15) is 9.59 Å². The minimum atomic E-state index is -1.13. The standard InChI is InChI=1S/C13H16N2O3/c1-15(11-5-3-2-4-6-11)10-9-14-12(16)7-8-13(17)18/h2-8H,9-10H2,1H3,(H,14,16)(H,17,18)/b8-7+. The third kappa shape index (κ3) is 5.16. The number of carbonyl (C=O) groups is 2. The molecular formula is C13H16N2O3. The van der Waals surface area contributed by atoms with Crippen molar-refractivity contribution in [2.24, 2.45) is 0 Å². The number of likely N-dealkylation sites (N-methyl/N-ethyl adjacent to an activating group) is 1. The number of carbonyl (C=O) groups excluding carboxylic acids is 1. The lowest BCUT2D eigenvalue weighted by Crippen LogP contribution is -2.32.